The molecule has 1 fully saturated rings. The third-order valence-electron chi connectivity index (χ3n) is 2.98. The number of esters is 1. The average Bonchev–Trinajstić information content (AvgIpc) is 2.18. The predicted octanol–water partition coefficient (Wildman–Crippen LogP) is 2.07. The van der Waals surface area contributed by atoms with Gasteiger partial charge in [-0.1, -0.05) is 18.7 Å². The van der Waals surface area contributed by atoms with Crippen LogP contribution in [-0.4, -0.2) is 12.6 Å². The summed E-state index contributed by atoms with van der Waals surface area (Å²) in [7, 11) is 0. The molecule has 70 valence electrons. The van der Waals surface area contributed by atoms with Gasteiger partial charge in [-0.15, -0.1) is 0 Å². The number of rotatable bonds is 1. The summed E-state index contributed by atoms with van der Waals surface area (Å²) < 4.78 is 5.04. The normalized spacial score (nSPS) is 32.9. The lowest BCUT2D eigenvalue weighted by Gasteiger charge is -2.33. The lowest BCUT2D eigenvalue weighted by atomic mass is 9.75. The number of hydrogen-bond donors (Lipinski definition) is 0. The Balaban J connectivity index is 2.23. The maximum absolute atomic E-state index is 11.4. The Kier molecular flexibility index (Phi) is 2.21. The fraction of sp³-hybridized carbons (Fsp3) is 0.545. The second-order valence-corrected chi connectivity index (χ2v) is 3.65. The quantitative estimate of drug-likeness (QED) is 0.574. The molecule has 0 amide bonds. The van der Waals surface area contributed by atoms with Crippen molar-refractivity contribution in [1.29, 1.82) is 0 Å². The first kappa shape index (κ1) is 8.54. The minimum Gasteiger partial charge on any atom is -0.465 e. The molecular weight excluding hydrogens is 164 g/mol. The number of ether oxygens (including phenoxy) is 1. The van der Waals surface area contributed by atoms with Crippen LogP contribution in [0.1, 0.15) is 19.3 Å². The molecule has 1 aliphatic carbocycles. The summed E-state index contributed by atoms with van der Waals surface area (Å²) in [5.41, 5.74) is 1.24. The van der Waals surface area contributed by atoms with Crippen LogP contribution in [0.5, 0.6) is 0 Å². The smallest absolute Gasteiger partial charge is 0.309 e. The Morgan fingerprint density at radius 3 is 3.08 bits per heavy atom. The molecule has 13 heavy (non-hydrogen) atoms. The molecule has 1 aliphatic heterocycles. The van der Waals surface area contributed by atoms with Crippen LogP contribution in [-0.2, 0) is 9.53 Å². The fourth-order valence-electron chi connectivity index (χ4n) is 2.29. The van der Waals surface area contributed by atoms with E-state index in [-0.39, 0.29) is 11.9 Å². The van der Waals surface area contributed by atoms with Gasteiger partial charge in [-0.05, 0) is 24.8 Å². The third kappa shape index (κ3) is 1.41. The standard InChI is InChI=1S/C11H14O2/c1-2-8-4-3-5-10-9(8)6-7-13-11(10)12/h2,4,9-10H,1,3,5-7H2/t9-,10+/m1/s1. The van der Waals surface area contributed by atoms with Crippen LogP contribution in [0.3, 0.4) is 0 Å². The second kappa shape index (κ2) is 3.36. The predicted molar refractivity (Wildman–Crippen MR) is 50.1 cm³/mol. The number of cyclic esters (lactones) is 1. The van der Waals surface area contributed by atoms with Crippen molar-refractivity contribution in [3.05, 3.63) is 24.3 Å². The van der Waals surface area contributed by atoms with E-state index in [0.29, 0.717) is 12.5 Å². The van der Waals surface area contributed by atoms with Crippen molar-refractivity contribution in [2.24, 2.45) is 11.8 Å². The Morgan fingerprint density at radius 2 is 2.31 bits per heavy atom. The van der Waals surface area contributed by atoms with Crippen LogP contribution in [0.4, 0.5) is 0 Å². The number of carbonyl (C=O) groups excluding carboxylic acids is 1. The Labute approximate surface area is 78.3 Å². The van der Waals surface area contributed by atoms with Gasteiger partial charge < -0.3 is 4.74 Å². The summed E-state index contributed by atoms with van der Waals surface area (Å²) in [5.74, 6) is 0.475. The molecule has 1 heterocycles. The lowest BCUT2D eigenvalue weighted by Crippen LogP contribution is -2.34. The third-order valence-corrected chi connectivity index (χ3v) is 2.98. The van der Waals surface area contributed by atoms with Gasteiger partial charge in [-0.3, -0.25) is 4.79 Å². The molecule has 0 N–H and O–H groups in total. The highest BCUT2D eigenvalue weighted by Crippen LogP contribution is 2.36. The van der Waals surface area contributed by atoms with E-state index in [9.17, 15) is 4.79 Å². The van der Waals surface area contributed by atoms with Crippen molar-refractivity contribution in [3.63, 3.8) is 0 Å². The van der Waals surface area contributed by atoms with E-state index < -0.39 is 0 Å². The van der Waals surface area contributed by atoms with E-state index in [0.717, 1.165) is 19.3 Å². The summed E-state index contributed by atoms with van der Waals surface area (Å²) >= 11 is 0. The molecule has 1 saturated heterocycles. The van der Waals surface area contributed by atoms with Crippen molar-refractivity contribution in [1.82, 2.24) is 0 Å². The van der Waals surface area contributed by atoms with Gasteiger partial charge in [0, 0.05) is 5.92 Å². The molecule has 0 unspecified atom stereocenters. The topological polar surface area (TPSA) is 26.3 Å². The number of carbonyl (C=O) groups is 1. The van der Waals surface area contributed by atoms with Crippen LogP contribution in [0, 0.1) is 11.8 Å². The zero-order valence-electron chi connectivity index (χ0n) is 7.66. The minimum absolute atomic E-state index is 0.0105. The van der Waals surface area contributed by atoms with Gasteiger partial charge in [-0.25, -0.2) is 0 Å². The second-order valence-electron chi connectivity index (χ2n) is 3.65. The van der Waals surface area contributed by atoms with E-state index in [4.69, 9.17) is 4.74 Å². The van der Waals surface area contributed by atoms with Crippen molar-refractivity contribution in [2.45, 2.75) is 19.3 Å². The van der Waals surface area contributed by atoms with Crippen LogP contribution in [0.25, 0.3) is 0 Å². The van der Waals surface area contributed by atoms with Crippen molar-refractivity contribution in [2.75, 3.05) is 6.61 Å². The molecule has 2 aliphatic rings. The van der Waals surface area contributed by atoms with Gasteiger partial charge in [0.15, 0.2) is 0 Å². The molecule has 2 heteroatoms. The van der Waals surface area contributed by atoms with Gasteiger partial charge in [0.2, 0.25) is 0 Å². The molecule has 0 bridgehead atoms. The van der Waals surface area contributed by atoms with Gasteiger partial charge in [0.25, 0.3) is 0 Å². The molecule has 0 radical (unpaired) electrons. The first-order valence-electron chi connectivity index (χ1n) is 4.82. The minimum atomic E-state index is -0.0105. The molecule has 0 spiro atoms. The molecule has 2 atom stereocenters. The summed E-state index contributed by atoms with van der Waals surface area (Å²) in [4.78, 5) is 11.4. The summed E-state index contributed by atoms with van der Waals surface area (Å²) in [5, 5.41) is 0. The molecule has 0 saturated carbocycles. The number of allylic oxidation sites excluding steroid dienone is 3. The molecule has 0 aromatic rings. The van der Waals surface area contributed by atoms with E-state index in [1.54, 1.807) is 0 Å². The molecule has 0 aromatic heterocycles. The van der Waals surface area contributed by atoms with Gasteiger partial charge in [-0.2, -0.15) is 0 Å². The van der Waals surface area contributed by atoms with Crippen LogP contribution in [0.2, 0.25) is 0 Å². The Morgan fingerprint density at radius 1 is 1.46 bits per heavy atom. The molecule has 2 rings (SSSR count). The SMILES string of the molecule is C=CC1=CCC[C@@H]2C(=O)OCC[C@H]12. The first-order chi connectivity index (χ1) is 6.33. The molecular formula is C11H14O2. The number of hydrogen-bond acceptors (Lipinski definition) is 2. The van der Waals surface area contributed by atoms with Crippen LogP contribution in [0.15, 0.2) is 24.3 Å². The van der Waals surface area contributed by atoms with Gasteiger partial charge in [0.1, 0.15) is 0 Å². The lowest BCUT2D eigenvalue weighted by molar-refractivity contribution is -0.156. The highest BCUT2D eigenvalue weighted by molar-refractivity contribution is 5.74. The zero-order valence-corrected chi connectivity index (χ0v) is 7.66. The van der Waals surface area contributed by atoms with Crippen molar-refractivity contribution >= 4 is 5.97 Å². The maximum atomic E-state index is 11.4. The summed E-state index contributed by atoms with van der Waals surface area (Å²) in [6, 6.07) is 0. The Bertz CT molecular complexity index is 265. The van der Waals surface area contributed by atoms with E-state index >= 15 is 0 Å². The molecule has 0 aromatic carbocycles. The van der Waals surface area contributed by atoms with Gasteiger partial charge >= 0.3 is 5.97 Å². The van der Waals surface area contributed by atoms with Gasteiger partial charge in [0.05, 0.1) is 12.5 Å². The fourth-order valence-corrected chi connectivity index (χ4v) is 2.29. The first-order valence-corrected chi connectivity index (χ1v) is 4.82. The maximum Gasteiger partial charge on any atom is 0.309 e. The summed E-state index contributed by atoms with van der Waals surface area (Å²) in [6.07, 6.45) is 6.98. The van der Waals surface area contributed by atoms with E-state index in [1.165, 1.54) is 5.57 Å². The van der Waals surface area contributed by atoms with Crippen molar-refractivity contribution < 1.29 is 9.53 Å². The van der Waals surface area contributed by atoms with Crippen molar-refractivity contribution in [3.8, 4) is 0 Å². The Hall–Kier alpha value is -1.05. The molecule has 2 nitrogen and oxygen atoms in total. The van der Waals surface area contributed by atoms with E-state index in [1.807, 2.05) is 6.08 Å². The largest absolute Gasteiger partial charge is 0.465 e. The number of fused-ring (bicyclic) bond motifs is 1. The van der Waals surface area contributed by atoms with Crippen LogP contribution < -0.4 is 0 Å². The highest BCUT2D eigenvalue weighted by Gasteiger charge is 2.36. The monoisotopic (exact) mass is 178 g/mol. The van der Waals surface area contributed by atoms with Crippen LogP contribution >= 0.6 is 0 Å². The van der Waals surface area contributed by atoms with E-state index in [2.05, 4.69) is 12.7 Å². The highest BCUT2D eigenvalue weighted by atomic mass is 16.5. The average molecular weight is 178 g/mol. The summed E-state index contributed by atoms with van der Waals surface area (Å²) in [6.45, 7) is 4.35. The zero-order chi connectivity index (χ0) is 9.26.